The first-order valence-electron chi connectivity index (χ1n) is 5.39. The van der Waals surface area contributed by atoms with E-state index in [9.17, 15) is 4.79 Å². The minimum Gasteiger partial charge on any atom is -0.352 e. The van der Waals surface area contributed by atoms with E-state index < -0.39 is 0 Å². The quantitative estimate of drug-likeness (QED) is 0.680. The Bertz CT molecular complexity index is 203. The molecule has 0 saturated heterocycles. The van der Waals surface area contributed by atoms with Crippen LogP contribution in [0.25, 0.3) is 0 Å². The van der Waals surface area contributed by atoms with E-state index in [1.807, 2.05) is 6.92 Å². The van der Waals surface area contributed by atoms with Crippen LogP contribution in [0.4, 0.5) is 0 Å². The molecule has 1 aliphatic rings. The zero-order valence-electron chi connectivity index (χ0n) is 9.34. The van der Waals surface area contributed by atoms with Crippen LogP contribution >= 0.6 is 12.6 Å². The van der Waals surface area contributed by atoms with Gasteiger partial charge in [0.05, 0.1) is 5.25 Å². The topological polar surface area (TPSA) is 29.1 Å². The van der Waals surface area contributed by atoms with Crippen molar-refractivity contribution in [2.45, 2.75) is 57.7 Å². The molecule has 1 rings (SSSR count). The van der Waals surface area contributed by atoms with Crippen LogP contribution in [0, 0.1) is 5.41 Å². The fourth-order valence-corrected chi connectivity index (χ4v) is 1.94. The maximum atomic E-state index is 11.4. The van der Waals surface area contributed by atoms with Crippen molar-refractivity contribution in [3.8, 4) is 0 Å². The minimum absolute atomic E-state index is 0.0676. The molecule has 1 unspecified atom stereocenters. The molecule has 0 bridgehead atoms. The number of amides is 1. The second-order valence-electron chi connectivity index (χ2n) is 5.12. The maximum Gasteiger partial charge on any atom is 0.232 e. The first kappa shape index (κ1) is 11.9. The van der Waals surface area contributed by atoms with Crippen LogP contribution in [0.15, 0.2) is 0 Å². The molecule has 1 N–H and O–H groups in total. The lowest BCUT2D eigenvalue weighted by Gasteiger charge is -2.34. The van der Waals surface area contributed by atoms with Gasteiger partial charge in [0, 0.05) is 6.04 Å². The summed E-state index contributed by atoms with van der Waals surface area (Å²) in [4.78, 5) is 11.4. The van der Waals surface area contributed by atoms with Gasteiger partial charge >= 0.3 is 0 Å². The second-order valence-corrected chi connectivity index (χ2v) is 5.90. The van der Waals surface area contributed by atoms with E-state index in [4.69, 9.17) is 0 Å². The summed E-state index contributed by atoms with van der Waals surface area (Å²) in [6.45, 7) is 6.41. The van der Waals surface area contributed by atoms with E-state index in [0.717, 1.165) is 12.8 Å². The highest BCUT2D eigenvalue weighted by atomic mass is 32.1. The summed E-state index contributed by atoms with van der Waals surface area (Å²) in [7, 11) is 0. The first-order valence-corrected chi connectivity index (χ1v) is 5.91. The van der Waals surface area contributed by atoms with Crippen LogP contribution in [0.1, 0.15) is 46.5 Å². The Morgan fingerprint density at radius 2 is 1.93 bits per heavy atom. The number of nitrogens with one attached hydrogen (secondary N) is 1. The molecule has 0 aromatic carbocycles. The second kappa shape index (κ2) is 4.56. The van der Waals surface area contributed by atoms with Gasteiger partial charge in [0.1, 0.15) is 0 Å². The fraction of sp³-hybridized carbons (Fsp3) is 0.909. The van der Waals surface area contributed by atoms with Crippen molar-refractivity contribution in [1.29, 1.82) is 0 Å². The van der Waals surface area contributed by atoms with E-state index in [-0.39, 0.29) is 11.2 Å². The van der Waals surface area contributed by atoms with Gasteiger partial charge < -0.3 is 5.32 Å². The molecule has 0 aliphatic heterocycles. The van der Waals surface area contributed by atoms with Crippen LogP contribution in [0.2, 0.25) is 0 Å². The van der Waals surface area contributed by atoms with Crippen LogP contribution in [0.3, 0.4) is 0 Å². The Morgan fingerprint density at radius 3 is 2.36 bits per heavy atom. The molecule has 2 nitrogen and oxygen atoms in total. The summed E-state index contributed by atoms with van der Waals surface area (Å²) in [6.07, 6.45) is 4.64. The molecule has 0 radical (unpaired) electrons. The monoisotopic (exact) mass is 215 g/mol. The van der Waals surface area contributed by atoms with Crippen molar-refractivity contribution in [3.63, 3.8) is 0 Å². The lowest BCUT2D eigenvalue weighted by molar-refractivity contribution is -0.121. The average molecular weight is 215 g/mol. The third-order valence-corrected chi connectivity index (χ3v) is 3.30. The summed E-state index contributed by atoms with van der Waals surface area (Å²) >= 11 is 4.11. The molecule has 3 heteroatoms. The summed E-state index contributed by atoms with van der Waals surface area (Å²) in [5, 5.41) is 2.85. The molecule has 1 atom stereocenters. The van der Waals surface area contributed by atoms with Gasteiger partial charge in [-0.2, -0.15) is 12.6 Å². The summed E-state index contributed by atoms with van der Waals surface area (Å²) in [6, 6.07) is 0.380. The smallest absolute Gasteiger partial charge is 0.232 e. The van der Waals surface area contributed by atoms with Crippen LogP contribution < -0.4 is 5.32 Å². The normalized spacial score (nSPS) is 24.3. The van der Waals surface area contributed by atoms with Gasteiger partial charge in [0.25, 0.3) is 0 Å². The number of carbonyl (C=O) groups is 1. The van der Waals surface area contributed by atoms with Crippen molar-refractivity contribution < 1.29 is 4.79 Å². The molecule has 82 valence electrons. The highest BCUT2D eigenvalue weighted by Crippen LogP contribution is 2.34. The van der Waals surface area contributed by atoms with Crippen molar-refractivity contribution >= 4 is 18.5 Å². The maximum absolute atomic E-state index is 11.4. The van der Waals surface area contributed by atoms with Gasteiger partial charge in [-0.25, -0.2) is 0 Å². The van der Waals surface area contributed by atoms with Gasteiger partial charge in [-0.1, -0.05) is 13.8 Å². The van der Waals surface area contributed by atoms with Gasteiger partial charge in [0.2, 0.25) is 5.91 Å². The highest BCUT2D eigenvalue weighted by molar-refractivity contribution is 7.81. The van der Waals surface area contributed by atoms with Crippen molar-refractivity contribution in [2.24, 2.45) is 5.41 Å². The Balaban J connectivity index is 2.33. The average Bonchev–Trinajstić information content (AvgIpc) is 2.08. The number of rotatable bonds is 2. The van der Waals surface area contributed by atoms with Crippen LogP contribution in [0.5, 0.6) is 0 Å². The van der Waals surface area contributed by atoms with Gasteiger partial charge in [0.15, 0.2) is 0 Å². The molecule has 0 heterocycles. The third kappa shape index (κ3) is 3.52. The Hall–Kier alpha value is -0.180. The highest BCUT2D eigenvalue weighted by Gasteiger charge is 2.27. The van der Waals surface area contributed by atoms with Gasteiger partial charge in [-0.15, -0.1) is 0 Å². The van der Waals surface area contributed by atoms with Gasteiger partial charge in [-0.05, 0) is 38.0 Å². The number of hydrogen-bond donors (Lipinski definition) is 2. The zero-order valence-corrected chi connectivity index (χ0v) is 10.2. The van der Waals surface area contributed by atoms with E-state index >= 15 is 0 Å². The van der Waals surface area contributed by atoms with Crippen molar-refractivity contribution in [2.75, 3.05) is 0 Å². The van der Waals surface area contributed by atoms with Crippen LogP contribution in [-0.4, -0.2) is 17.2 Å². The van der Waals surface area contributed by atoms with E-state index in [2.05, 4.69) is 31.8 Å². The van der Waals surface area contributed by atoms with E-state index in [1.165, 1.54) is 12.8 Å². The lowest BCUT2D eigenvalue weighted by Crippen LogP contribution is -2.41. The SMILES string of the molecule is CC(S)C(=O)NC1CCC(C)(C)CC1. The molecule has 0 aromatic heterocycles. The number of carbonyl (C=O) groups excluding carboxylic acids is 1. The predicted octanol–water partition coefficient (Wildman–Crippen LogP) is 2.39. The number of thiol groups is 1. The molecular formula is C11H21NOS. The first-order chi connectivity index (χ1) is 6.41. The fourth-order valence-electron chi connectivity index (χ4n) is 1.87. The molecule has 1 amide bonds. The summed E-state index contributed by atoms with van der Waals surface area (Å²) in [5.41, 5.74) is 0.466. The molecule has 1 saturated carbocycles. The zero-order chi connectivity index (χ0) is 10.8. The summed E-state index contributed by atoms with van der Waals surface area (Å²) < 4.78 is 0. The minimum atomic E-state index is -0.190. The molecular weight excluding hydrogens is 194 g/mol. The Morgan fingerprint density at radius 1 is 1.43 bits per heavy atom. The number of hydrogen-bond acceptors (Lipinski definition) is 2. The third-order valence-electron chi connectivity index (χ3n) is 3.06. The molecule has 0 spiro atoms. The van der Waals surface area contributed by atoms with E-state index in [0.29, 0.717) is 11.5 Å². The summed E-state index contributed by atoms with van der Waals surface area (Å²) in [5.74, 6) is 0.0676. The molecule has 14 heavy (non-hydrogen) atoms. The predicted molar refractivity (Wildman–Crippen MR) is 62.6 cm³/mol. The van der Waals surface area contributed by atoms with Crippen molar-refractivity contribution in [1.82, 2.24) is 5.32 Å². The molecule has 1 fully saturated rings. The standard InChI is InChI=1S/C11H21NOS/c1-8(14)10(13)12-9-4-6-11(2,3)7-5-9/h8-9,14H,4-7H2,1-3H3,(H,12,13). The van der Waals surface area contributed by atoms with Crippen molar-refractivity contribution in [3.05, 3.63) is 0 Å². The lowest BCUT2D eigenvalue weighted by atomic mass is 9.75. The van der Waals surface area contributed by atoms with E-state index in [1.54, 1.807) is 0 Å². The molecule has 0 aromatic rings. The largest absolute Gasteiger partial charge is 0.352 e. The van der Waals surface area contributed by atoms with Crippen LogP contribution in [-0.2, 0) is 4.79 Å². The van der Waals surface area contributed by atoms with Gasteiger partial charge in [-0.3, -0.25) is 4.79 Å². The Labute approximate surface area is 92.2 Å². The molecule has 1 aliphatic carbocycles. The Kier molecular flexibility index (Phi) is 3.87.